The molecule has 0 radical (unpaired) electrons. The number of unbranched alkanes of at least 4 members (excludes halogenated alkanes) is 1. The topological polar surface area (TPSA) is 91.9 Å². The van der Waals surface area contributed by atoms with E-state index in [0.29, 0.717) is 19.4 Å². The molecule has 0 saturated heterocycles. The molecule has 0 aliphatic carbocycles. The molecule has 5 heteroatoms. The Kier molecular flexibility index (Phi) is 6.96. The number of azide groups is 1. The molecule has 0 aliphatic heterocycles. The van der Waals surface area contributed by atoms with E-state index >= 15 is 0 Å². The van der Waals surface area contributed by atoms with Crippen molar-refractivity contribution in [1.29, 1.82) is 0 Å². The molecule has 0 aromatic rings. The third-order valence-electron chi connectivity index (χ3n) is 1.85. The van der Waals surface area contributed by atoms with Gasteiger partial charge in [-0.05, 0) is 18.4 Å². The van der Waals surface area contributed by atoms with Crippen LogP contribution in [0.5, 0.6) is 0 Å². The van der Waals surface area contributed by atoms with Crippen molar-refractivity contribution in [3.63, 3.8) is 0 Å². The number of nitrogens with zero attached hydrogens (tertiary/aromatic N) is 3. The summed E-state index contributed by atoms with van der Waals surface area (Å²) in [6.07, 6.45) is 2.83. The van der Waals surface area contributed by atoms with Crippen molar-refractivity contribution in [2.24, 2.45) is 10.8 Å². The number of carbonyl (C=O) groups excluding carboxylic acids is 1. The average molecular weight is 184 g/mol. The highest BCUT2D eigenvalue weighted by Gasteiger charge is 2.09. The summed E-state index contributed by atoms with van der Waals surface area (Å²) < 4.78 is 0. The minimum Gasteiger partial charge on any atom is -0.322 e. The third kappa shape index (κ3) is 6.13. The van der Waals surface area contributed by atoms with Crippen molar-refractivity contribution in [2.75, 3.05) is 6.54 Å². The van der Waals surface area contributed by atoms with Crippen molar-refractivity contribution < 1.29 is 4.79 Å². The number of hydrogen-bond donors (Lipinski definition) is 1. The number of carbonyl (C=O) groups is 1. The maximum Gasteiger partial charge on any atom is 0.149 e. The molecule has 0 heterocycles. The summed E-state index contributed by atoms with van der Waals surface area (Å²) in [5.41, 5.74) is 13.6. The van der Waals surface area contributed by atoms with Gasteiger partial charge in [0.05, 0.1) is 6.04 Å². The molecule has 1 unspecified atom stereocenters. The molecule has 0 saturated carbocycles. The minimum atomic E-state index is -0.337. The Bertz CT molecular complexity index is 198. The zero-order valence-electron chi connectivity index (χ0n) is 7.94. The average Bonchev–Trinajstić information content (AvgIpc) is 2.16. The summed E-state index contributed by atoms with van der Waals surface area (Å²) >= 11 is 0. The first-order valence-electron chi connectivity index (χ1n) is 4.51. The van der Waals surface area contributed by atoms with Crippen molar-refractivity contribution in [2.45, 2.75) is 38.6 Å². The SMILES string of the molecule is CCC(=O)C(N)CCCCN=[N+]=[N-]. The number of hydrogen-bond acceptors (Lipinski definition) is 3. The molecule has 0 fully saturated rings. The molecule has 0 bridgehead atoms. The Balaban J connectivity index is 3.41. The Hall–Kier alpha value is -1.06. The Morgan fingerprint density at radius 3 is 2.85 bits per heavy atom. The first-order valence-corrected chi connectivity index (χ1v) is 4.51. The molecule has 0 aromatic heterocycles. The number of Topliss-reactive ketones (excluding diaryl/α,β-unsaturated/α-hetero) is 1. The van der Waals surface area contributed by atoms with Crippen LogP contribution in [-0.4, -0.2) is 18.4 Å². The monoisotopic (exact) mass is 184 g/mol. The van der Waals surface area contributed by atoms with E-state index in [9.17, 15) is 4.79 Å². The molecular weight excluding hydrogens is 168 g/mol. The van der Waals surface area contributed by atoms with Crippen LogP contribution >= 0.6 is 0 Å². The largest absolute Gasteiger partial charge is 0.322 e. The van der Waals surface area contributed by atoms with Crippen LogP contribution < -0.4 is 5.73 Å². The first-order chi connectivity index (χ1) is 6.22. The lowest BCUT2D eigenvalue weighted by Gasteiger charge is -2.07. The van der Waals surface area contributed by atoms with E-state index in [1.54, 1.807) is 0 Å². The van der Waals surface area contributed by atoms with Gasteiger partial charge in [-0.3, -0.25) is 4.79 Å². The van der Waals surface area contributed by atoms with Crippen LogP contribution in [0.15, 0.2) is 5.11 Å². The highest BCUT2D eigenvalue weighted by Crippen LogP contribution is 2.01. The van der Waals surface area contributed by atoms with Crippen molar-refractivity contribution in [3.8, 4) is 0 Å². The van der Waals surface area contributed by atoms with E-state index in [0.717, 1.165) is 12.8 Å². The molecule has 0 aliphatic rings. The lowest BCUT2D eigenvalue weighted by atomic mass is 10.1. The summed E-state index contributed by atoms with van der Waals surface area (Å²) in [6, 6.07) is -0.337. The molecule has 0 amide bonds. The fourth-order valence-corrected chi connectivity index (χ4v) is 1.01. The van der Waals surface area contributed by atoms with Crippen LogP contribution in [0.1, 0.15) is 32.6 Å². The third-order valence-corrected chi connectivity index (χ3v) is 1.85. The standard InChI is InChI=1S/C8H16N4O/c1-2-8(13)7(9)5-3-4-6-11-12-10/h7H,2-6,9H2,1H3. The van der Waals surface area contributed by atoms with Gasteiger partial charge >= 0.3 is 0 Å². The molecule has 13 heavy (non-hydrogen) atoms. The van der Waals surface area contributed by atoms with Crippen molar-refractivity contribution in [3.05, 3.63) is 10.4 Å². The second-order valence-electron chi connectivity index (χ2n) is 2.88. The van der Waals surface area contributed by atoms with Crippen molar-refractivity contribution in [1.82, 2.24) is 0 Å². The fraction of sp³-hybridized carbons (Fsp3) is 0.875. The predicted octanol–water partition coefficient (Wildman–Crippen LogP) is 1.77. The summed E-state index contributed by atoms with van der Waals surface area (Å²) in [6.45, 7) is 2.30. The van der Waals surface area contributed by atoms with Gasteiger partial charge in [0, 0.05) is 17.9 Å². The van der Waals surface area contributed by atoms with Gasteiger partial charge < -0.3 is 5.73 Å². The van der Waals surface area contributed by atoms with Gasteiger partial charge in [0.25, 0.3) is 0 Å². The molecule has 0 aromatic carbocycles. The molecule has 74 valence electrons. The number of ketones is 1. The van der Waals surface area contributed by atoms with Gasteiger partial charge in [-0.15, -0.1) is 0 Å². The summed E-state index contributed by atoms with van der Waals surface area (Å²) in [7, 11) is 0. The van der Waals surface area contributed by atoms with E-state index in [1.807, 2.05) is 6.92 Å². The quantitative estimate of drug-likeness (QED) is 0.282. The van der Waals surface area contributed by atoms with Crippen LogP contribution in [0, 0.1) is 0 Å². The molecule has 5 nitrogen and oxygen atoms in total. The van der Waals surface area contributed by atoms with Gasteiger partial charge in [0.15, 0.2) is 0 Å². The zero-order valence-corrected chi connectivity index (χ0v) is 7.94. The van der Waals surface area contributed by atoms with Crippen LogP contribution in [0.4, 0.5) is 0 Å². The molecule has 2 N–H and O–H groups in total. The Labute approximate surface area is 77.9 Å². The van der Waals surface area contributed by atoms with Gasteiger partial charge in [0.2, 0.25) is 0 Å². The van der Waals surface area contributed by atoms with E-state index < -0.39 is 0 Å². The predicted molar refractivity (Wildman–Crippen MR) is 51.1 cm³/mol. The fourth-order valence-electron chi connectivity index (χ4n) is 1.01. The van der Waals surface area contributed by atoms with Crippen LogP contribution in [0.3, 0.4) is 0 Å². The maximum absolute atomic E-state index is 11.0. The zero-order chi connectivity index (χ0) is 10.1. The second kappa shape index (κ2) is 7.58. The van der Waals surface area contributed by atoms with Gasteiger partial charge in [-0.25, -0.2) is 0 Å². The smallest absolute Gasteiger partial charge is 0.149 e. The number of rotatable bonds is 7. The van der Waals surface area contributed by atoms with Crippen LogP contribution in [0.2, 0.25) is 0 Å². The molecule has 0 rings (SSSR count). The normalized spacial score (nSPS) is 11.8. The maximum atomic E-state index is 11.0. The van der Waals surface area contributed by atoms with Crippen molar-refractivity contribution >= 4 is 5.78 Å². The van der Waals surface area contributed by atoms with Gasteiger partial charge in [-0.1, -0.05) is 18.5 Å². The summed E-state index contributed by atoms with van der Waals surface area (Å²) in [4.78, 5) is 13.7. The van der Waals surface area contributed by atoms with Crippen LogP contribution in [0.25, 0.3) is 10.4 Å². The van der Waals surface area contributed by atoms with Gasteiger partial charge in [0.1, 0.15) is 5.78 Å². The highest BCUT2D eigenvalue weighted by atomic mass is 16.1. The molecular formula is C8H16N4O. The lowest BCUT2D eigenvalue weighted by Crippen LogP contribution is -2.29. The van der Waals surface area contributed by atoms with E-state index in [2.05, 4.69) is 10.0 Å². The highest BCUT2D eigenvalue weighted by molar-refractivity contribution is 5.83. The summed E-state index contributed by atoms with van der Waals surface area (Å²) in [5, 5.41) is 3.39. The minimum absolute atomic E-state index is 0.101. The number of nitrogens with two attached hydrogens (primary N) is 1. The summed E-state index contributed by atoms with van der Waals surface area (Å²) in [5.74, 6) is 0.101. The Morgan fingerprint density at radius 1 is 1.62 bits per heavy atom. The Morgan fingerprint density at radius 2 is 2.31 bits per heavy atom. The second-order valence-corrected chi connectivity index (χ2v) is 2.88. The van der Waals surface area contributed by atoms with Gasteiger partial charge in [-0.2, -0.15) is 0 Å². The van der Waals surface area contributed by atoms with E-state index in [1.165, 1.54) is 0 Å². The lowest BCUT2D eigenvalue weighted by molar-refractivity contribution is -0.120. The van der Waals surface area contributed by atoms with E-state index in [4.69, 9.17) is 11.3 Å². The molecule has 0 spiro atoms. The van der Waals surface area contributed by atoms with Crippen LogP contribution in [-0.2, 0) is 4.79 Å². The molecule has 1 atom stereocenters. The first kappa shape index (κ1) is 11.9. The van der Waals surface area contributed by atoms with E-state index in [-0.39, 0.29) is 11.8 Å².